The van der Waals surface area contributed by atoms with E-state index in [1.54, 1.807) is 31.4 Å². The molecule has 21 heavy (non-hydrogen) atoms. The summed E-state index contributed by atoms with van der Waals surface area (Å²) in [4.78, 5) is 22.2. The van der Waals surface area contributed by atoms with Gasteiger partial charge < -0.3 is 15.7 Å². The zero-order valence-corrected chi connectivity index (χ0v) is 12.9. The van der Waals surface area contributed by atoms with E-state index >= 15 is 0 Å². The molecule has 2 atom stereocenters. The molecule has 1 aromatic carbocycles. The molecule has 0 heterocycles. The molecule has 0 aromatic heterocycles. The number of nitrogens with one attached hydrogen (secondary N) is 2. The molecule has 0 aliphatic carbocycles. The second-order valence-corrected chi connectivity index (χ2v) is 6.54. The number of aliphatic carboxylic acids is 1. The van der Waals surface area contributed by atoms with Crippen LogP contribution in [0.2, 0.25) is 0 Å². The van der Waals surface area contributed by atoms with Gasteiger partial charge in [-0.3, -0.25) is 9.00 Å². The quantitative estimate of drug-likeness (QED) is 0.712. The molecule has 1 aromatic rings. The number of benzene rings is 1. The van der Waals surface area contributed by atoms with Crippen molar-refractivity contribution >= 4 is 28.5 Å². The lowest BCUT2D eigenvalue weighted by Crippen LogP contribution is -2.35. The predicted molar refractivity (Wildman–Crippen MR) is 82.9 cm³/mol. The van der Waals surface area contributed by atoms with Crippen LogP contribution in [0.15, 0.2) is 24.3 Å². The van der Waals surface area contributed by atoms with Crippen molar-refractivity contribution in [1.82, 2.24) is 5.32 Å². The molecule has 0 aliphatic rings. The number of hydrogen-bond acceptors (Lipinski definition) is 3. The van der Waals surface area contributed by atoms with E-state index in [9.17, 15) is 13.8 Å². The number of carbonyl (C=O) groups excluding carboxylic acids is 1. The summed E-state index contributed by atoms with van der Waals surface area (Å²) in [6, 6.07) is 6.67. The van der Waals surface area contributed by atoms with Crippen molar-refractivity contribution in [3.8, 4) is 0 Å². The predicted octanol–water partition coefficient (Wildman–Crippen LogP) is 1.59. The Bertz CT molecular complexity index is 533. The highest BCUT2D eigenvalue weighted by atomic mass is 32.2. The SMILES string of the molecule is CC(CNC(=O)Nc1cccc(CCC(=O)O)c1)S(C)=O. The third-order valence-electron chi connectivity index (χ3n) is 2.93. The van der Waals surface area contributed by atoms with Crippen molar-refractivity contribution in [2.75, 3.05) is 18.1 Å². The van der Waals surface area contributed by atoms with Gasteiger partial charge in [-0.25, -0.2) is 4.79 Å². The molecule has 116 valence electrons. The summed E-state index contributed by atoms with van der Waals surface area (Å²) >= 11 is 0. The van der Waals surface area contributed by atoms with Crippen molar-refractivity contribution in [3.05, 3.63) is 29.8 Å². The fourth-order valence-corrected chi connectivity index (χ4v) is 1.90. The third-order valence-corrected chi connectivity index (χ3v) is 4.23. The van der Waals surface area contributed by atoms with Crippen molar-refractivity contribution in [2.24, 2.45) is 0 Å². The van der Waals surface area contributed by atoms with Crippen LogP contribution in [0, 0.1) is 0 Å². The summed E-state index contributed by atoms with van der Waals surface area (Å²) in [7, 11) is -0.982. The molecule has 0 radical (unpaired) electrons. The minimum atomic E-state index is -0.982. The van der Waals surface area contributed by atoms with Gasteiger partial charge >= 0.3 is 12.0 Å². The zero-order chi connectivity index (χ0) is 15.8. The minimum Gasteiger partial charge on any atom is -0.481 e. The first kappa shape index (κ1) is 17.2. The average Bonchev–Trinajstić information content (AvgIpc) is 2.42. The molecule has 0 spiro atoms. The lowest BCUT2D eigenvalue weighted by molar-refractivity contribution is -0.136. The van der Waals surface area contributed by atoms with Crippen LogP contribution in [-0.4, -0.2) is 39.4 Å². The number of amides is 2. The highest BCUT2D eigenvalue weighted by Gasteiger charge is 2.08. The maximum absolute atomic E-state index is 11.7. The summed E-state index contributed by atoms with van der Waals surface area (Å²) in [6.45, 7) is 2.12. The monoisotopic (exact) mass is 312 g/mol. The van der Waals surface area contributed by atoms with Crippen molar-refractivity contribution in [2.45, 2.75) is 25.0 Å². The highest BCUT2D eigenvalue weighted by molar-refractivity contribution is 7.84. The lowest BCUT2D eigenvalue weighted by Gasteiger charge is -2.11. The maximum atomic E-state index is 11.7. The topological polar surface area (TPSA) is 95.5 Å². The third kappa shape index (κ3) is 6.89. The summed E-state index contributed by atoms with van der Waals surface area (Å²) in [6.07, 6.45) is 2.06. The first-order valence-electron chi connectivity index (χ1n) is 6.56. The molecule has 3 N–H and O–H groups in total. The Kier molecular flexibility index (Phi) is 6.87. The molecule has 0 bridgehead atoms. The van der Waals surface area contributed by atoms with Crippen molar-refractivity contribution in [3.63, 3.8) is 0 Å². The molecule has 6 nitrogen and oxygen atoms in total. The van der Waals surface area contributed by atoms with Gasteiger partial charge in [0.15, 0.2) is 0 Å². The maximum Gasteiger partial charge on any atom is 0.319 e. The summed E-state index contributed by atoms with van der Waals surface area (Å²) in [5, 5.41) is 13.9. The number of aryl methyl sites for hydroxylation is 1. The second kappa shape index (κ2) is 8.41. The van der Waals surface area contributed by atoms with Gasteiger partial charge in [-0.1, -0.05) is 12.1 Å². The average molecular weight is 312 g/mol. The number of rotatable bonds is 7. The Morgan fingerprint density at radius 3 is 2.71 bits per heavy atom. The number of anilines is 1. The Balaban J connectivity index is 2.50. The van der Waals surface area contributed by atoms with Crippen LogP contribution in [0.1, 0.15) is 18.9 Å². The smallest absolute Gasteiger partial charge is 0.319 e. The van der Waals surface area contributed by atoms with E-state index in [0.29, 0.717) is 18.7 Å². The number of hydrogen-bond donors (Lipinski definition) is 3. The van der Waals surface area contributed by atoms with E-state index in [4.69, 9.17) is 5.11 Å². The second-order valence-electron chi connectivity index (χ2n) is 4.74. The summed E-state index contributed by atoms with van der Waals surface area (Å²) < 4.78 is 11.2. The first-order valence-corrected chi connectivity index (χ1v) is 8.18. The van der Waals surface area contributed by atoms with Crippen LogP contribution >= 0.6 is 0 Å². The van der Waals surface area contributed by atoms with Crippen LogP contribution in [0.5, 0.6) is 0 Å². The van der Waals surface area contributed by atoms with Crippen LogP contribution < -0.4 is 10.6 Å². The molecule has 0 saturated heterocycles. The molecule has 0 saturated carbocycles. The fraction of sp³-hybridized carbons (Fsp3) is 0.429. The Morgan fingerprint density at radius 2 is 2.10 bits per heavy atom. The number of urea groups is 1. The highest BCUT2D eigenvalue weighted by Crippen LogP contribution is 2.12. The zero-order valence-electron chi connectivity index (χ0n) is 12.1. The Hall–Kier alpha value is -1.89. The van der Waals surface area contributed by atoms with E-state index in [1.165, 1.54) is 0 Å². The fourth-order valence-electron chi connectivity index (χ4n) is 1.58. The molecule has 2 unspecified atom stereocenters. The van der Waals surface area contributed by atoms with Gasteiger partial charge in [-0.15, -0.1) is 0 Å². The molecular weight excluding hydrogens is 292 g/mol. The van der Waals surface area contributed by atoms with Crippen molar-refractivity contribution < 1.29 is 18.9 Å². The van der Waals surface area contributed by atoms with E-state index in [1.807, 2.05) is 6.07 Å². The van der Waals surface area contributed by atoms with Gasteiger partial charge in [0.05, 0.1) is 0 Å². The van der Waals surface area contributed by atoms with Gasteiger partial charge in [0.1, 0.15) is 0 Å². The minimum absolute atomic E-state index is 0.0511. The van der Waals surface area contributed by atoms with Gasteiger partial charge in [0.2, 0.25) is 0 Å². The van der Waals surface area contributed by atoms with Gasteiger partial charge in [-0.2, -0.15) is 0 Å². The molecular formula is C14H20N2O4S. The van der Waals surface area contributed by atoms with E-state index in [2.05, 4.69) is 10.6 Å². The van der Waals surface area contributed by atoms with Crippen LogP contribution in [-0.2, 0) is 22.0 Å². The van der Waals surface area contributed by atoms with Crippen LogP contribution in [0.4, 0.5) is 10.5 Å². The van der Waals surface area contributed by atoms with Gasteiger partial charge in [-0.05, 0) is 31.0 Å². The van der Waals surface area contributed by atoms with E-state index in [0.717, 1.165) is 5.56 Å². The normalized spacial score (nSPS) is 13.2. The number of carboxylic acids is 1. The van der Waals surface area contributed by atoms with Crippen LogP contribution in [0.3, 0.4) is 0 Å². The summed E-state index contributed by atoms with van der Waals surface area (Å²) in [5.74, 6) is -0.854. The largest absolute Gasteiger partial charge is 0.481 e. The summed E-state index contributed by atoms with van der Waals surface area (Å²) in [5.41, 5.74) is 1.44. The van der Waals surface area contributed by atoms with Crippen molar-refractivity contribution in [1.29, 1.82) is 0 Å². The number of carbonyl (C=O) groups is 2. The molecule has 0 fully saturated rings. The van der Waals surface area contributed by atoms with Crippen LogP contribution in [0.25, 0.3) is 0 Å². The standard InChI is InChI=1S/C14H20N2O4S/c1-10(21(2)20)9-15-14(19)16-12-5-3-4-11(8-12)6-7-13(17)18/h3-5,8,10H,6-7,9H2,1-2H3,(H,17,18)(H2,15,16,19). The van der Waals surface area contributed by atoms with Gasteiger partial charge in [0.25, 0.3) is 0 Å². The molecule has 2 amide bonds. The molecule has 7 heteroatoms. The Morgan fingerprint density at radius 1 is 1.38 bits per heavy atom. The lowest BCUT2D eigenvalue weighted by atomic mass is 10.1. The molecule has 0 aliphatic heterocycles. The number of carboxylic acid groups (broad SMARTS) is 1. The van der Waals surface area contributed by atoms with E-state index in [-0.39, 0.29) is 17.7 Å². The van der Waals surface area contributed by atoms with Gasteiger partial charge in [0, 0.05) is 41.0 Å². The Labute approximate surface area is 126 Å². The first-order chi connectivity index (χ1) is 9.88. The molecule has 1 rings (SSSR count). The van der Waals surface area contributed by atoms with E-state index < -0.39 is 16.8 Å².